The number of amides is 2. The molecule has 2 rings (SSSR count). The van der Waals surface area contributed by atoms with Crippen LogP contribution in [-0.2, 0) is 4.79 Å². The zero-order chi connectivity index (χ0) is 17.7. The van der Waals surface area contributed by atoms with E-state index in [0.29, 0.717) is 22.0 Å². The summed E-state index contributed by atoms with van der Waals surface area (Å²) in [7, 11) is 1.53. The van der Waals surface area contributed by atoms with E-state index in [1.807, 2.05) is 35.6 Å². The van der Waals surface area contributed by atoms with Gasteiger partial charge < -0.3 is 15.4 Å². The van der Waals surface area contributed by atoms with Gasteiger partial charge in [0.1, 0.15) is 5.75 Å². The van der Waals surface area contributed by atoms with E-state index in [4.69, 9.17) is 16.3 Å². The second-order valence-corrected chi connectivity index (χ2v) is 6.66. The number of carbonyl (C=O) groups excluding carboxylic acids is 2. The smallest absolute Gasteiger partial charge is 0.252 e. The van der Waals surface area contributed by atoms with Gasteiger partial charge in [-0.2, -0.15) is 0 Å². The number of ether oxygens (including phenoxy) is 1. The zero-order valence-electron chi connectivity index (χ0n) is 13.2. The molecule has 0 aliphatic carbocycles. The first kappa shape index (κ1) is 18.5. The summed E-state index contributed by atoms with van der Waals surface area (Å²) in [5.74, 6) is -0.105. The average Bonchev–Trinajstić information content (AvgIpc) is 2.53. The zero-order valence-corrected chi connectivity index (χ0v) is 16.1. The molecule has 0 fully saturated rings. The van der Waals surface area contributed by atoms with Gasteiger partial charge in [0, 0.05) is 8.59 Å². The standard InChI is InChI=1S/C17H16ClIN2O3/c1-10-3-6-15(24-2)14(7-10)21-16(22)9-20-17(23)12-5-4-11(18)8-13(12)19/h3-8H,9H2,1-2H3,(H,20,23)(H,21,22). The van der Waals surface area contributed by atoms with Gasteiger partial charge in [0.15, 0.2) is 0 Å². The predicted molar refractivity (Wildman–Crippen MR) is 103 cm³/mol. The van der Waals surface area contributed by atoms with Gasteiger partial charge in [0.25, 0.3) is 5.91 Å². The van der Waals surface area contributed by atoms with Crippen molar-refractivity contribution in [1.82, 2.24) is 5.32 Å². The second kappa shape index (κ2) is 8.34. The van der Waals surface area contributed by atoms with E-state index in [1.54, 1.807) is 30.3 Å². The molecule has 0 unspecified atom stereocenters. The van der Waals surface area contributed by atoms with Crippen LogP contribution < -0.4 is 15.4 Å². The van der Waals surface area contributed by atoms with Crippen LogP contribution in [0.15, 0.2) is 36.4 Å². The van der Waals surface area contributed by atoms with E-state index >= 15 is 0 Å². The normalized spacial score (nSPS) is 10.2. The summed E-state index contributed by atoms with van der Waals surface area (Å²) in [6, 6.07) is 10.4. The molecule has 0 atom stereocenters. The van der Waals surface area contributed by atoms with Gasteiger partial charge in [-0.3, -0.25) is 9.59 Å². The number of halogens is 2. The van der Waals surface area contributed by atoms with E-state index in [0.717, 1.165) is 9.13 Å². The van der Waals surface area contributed by atoms with Crippen LogP contribution in [0.25, 0.3) is 0 Å². The molecule has 2 aromatic carbocycles. The molecular formula is C17H16ClIN2O3. The number of rotatable bonds is 5. The van der Waals surface area contributed by atoms with Crippen molar-refractivity contribution in [2.45, 2.75) is 6.92 Å². The number of aryl methyl sites for hydroxylation is 1. The Hall–Kier alpha value is -1.80. The lowest BCUT2D eigenvalue weighted by Gasteiger charge is -2.12. The maximum atomic E-state index is 12.1. The molecule has 7 heteroatoms. The highest BCUT2D eigenvalue weighted by Crippen LogP contribution is 2.25. The molecule has 0 saturated heterocycles. The predicted octanol–water partition coefficient (Wildman–Crippen LogP) is 3.63. The third-order valence-electron chi connectivity index (χ3n) is 3.21. The summed E-state index contributed by atoms with van der Waals surface area (Å²) in [6.45, 7) is 1.77. The largest absolute Gasteiger partial charge is 0.495 e. The first-order chi connectivity index (χ1) is 11.4. The Labute approximate surface area is 158 Å². The molecular weight excluding hydrogens is 443 g/mol. The van der Waals surface area contributed by atoms with Gasteiger partial charge in [-0.15, -0.1) is 0 Å². The molecule has 0 aliphatic heterocycles. The number of benzene rings is 2. The maximum absolute atomic E-state index is 12.1. The van der Waals surface area contributed by atoms with Gasteiger partial charge in [0.2, 0.25) is 5.91 Å². The number of nitrogens with one attached hydrogen (secondary N) is 2. The van der Waals surface area contributed by atoms with Crippen LogP contribution in [0.4, 0.5) is 5.69 Å². The Morgan fingerprint density at radius 1 is 1.21 bits per heavy atom. The number of hydrogen-bond donors (Lipinski definition) is 2. The van der Waals surface area contributed by atoms with Crippen LogP contribution in [0.1, 0.15) is 15.9 Å². The quantitative estimate of drug-likeness (QED) is 0.673. The third kappa shape index (κ3) is 4.85. The Morgan fingerprint density at radius 2 is 1.96 bits per heavy atom. The molecule has 2 aromatic rings. The third-order valence-corrected chi connectivity index (χ3v) is 4.34. The van der Waals surface area contributed by atoms with E-state index in [1.165, 1.54) is 7.11 Å². The Balaban J connectivity index is 1.98. The highest BCUT2D eigenvalue weighted by Gasteiger charge is 2.13. The van der Waals surface area contributed by atoms with Gasteiger partial charge in [-0.25, -0.2) is 0 Å². The van der Waals surface area contributed by atoms with Crippen LogP contribution in [0.3, 0.4) is 0 Å². The van der Waals surface area contributed by atoms with E-state index in [2.05, 4.69) is 10.6 Å². The Kier molecular flexibility index (Phi) is 6.44. The molecule has 0 bridgehead atoms. The molecule has 126 valence electrons. The van der Waals surface area contributed by atoms with Crippen molar-refractivity contribution < 1.29 is 14.3 Å². The molecule has 0 aliphatic rings. The van der Waals surface area contributed by atoms with Crippen LogP contribution >= 0.6 is 34.2 Å². The van der Waals surface area contributed by atoms with Gasteiger partial charge in [-0.05, 0) is 65.4 Å². The summed E-state index contributed by atoms with van der Waals surface area (Å²) < 4.78 is 5.93. The molecule has 0 aromatic heterocycles. The molecule has 0 radical (unpaired) electrons. The lowest BCUT2D eigenvalue weighted by molar-refractivity contribution is -0.115. The van der Waals surface area contributed by atoms with Gasteiger partial charge >= 0.3 is 0 Å². The van der Waals surface area contributed by atoms with Crippen molar-refractivity contribution in [2.75, 3.05) is 19.0 Å². The number of anilines is 1. The topological polar surface area (TPSA) is 67.4 Å². The van der Waals surface area contributed by atoms with Crippen molar-refractivity contribution in [1.29, 1.82) is 0 Å². The lowest BCUT2D eigenvalue weighted by Crippen LogP contribution is -2.33. The maximum Gasteiger partial charge on any atom is 0.252 e. The minimum absolute atomic E-state index is 0.144. The SMILES string of the molecule is COc1ccc(C)cc1NC(=O)CNC(=O)c1ccc(Cl)cc1I. The fourth-order valence-electron chi connectivity index (χ4n) is 2.04. The summed E-state index contributed by atoms with van der Waals surface area (Å²) in [4.78, 5) is 24.2. The van der Waals surface area contributed by atoms with Crippen molar-refractivity contribution in [3.63, 3.8) is 0 Å². The minimum atomic E-state index is -0.337. The molecule has 0 heterocycles. The number of methoxy groups -OCH3 is 1. The Bertz CT molecular complexity index is 780. The van der Waals surface area contributed by atoms with Crippen molar-refractivity contribution in [3.05, 3.63) is 56.1 Å². The van der Waals surface area contributed by atoms with Gasteiger partial charge in [0.05, 0.1) is 24.9 Å². The average molecular weight is 459 g/mol. The van der Waals surface area contributed by atoms with E-state index < -0.39 is 0 Å². The fraction of sp³-hybridized carbons (Fsp3) is 0.176. The summed E-state index contributed by atoms with van der Waals surface area (Å²) in [5, 5.41) is 5.88. The second-order valence-electron chi connectivity index (χ2n) is 5.06. The van der Waals surface area contributed by atoms with Crippen LogP contribution in [0, 0.1) is 10.5 Å². The molecule has 5 nitrogen and oxygen atoms in total. The van der Waals surface area contributed by atoms with Crippen LogP contribution in [0.2, 0.25) is 5.02 Å². The van der Waals surface area contributed by atoms with Crippen molar-refractivity contribution in [2.24, 2.45) is 0 Å². The highest BCUT2D eigenvalue weighted by molar-refractivity contribution is 14.1. The first-order valence-electron chi connectivity index (χ1n) is 7.08. The molecule has 0 spiro atoms. The highest BCUT2D eigenvalue weighted by atomic mass is 127. The molecule has 2 N–H and O–H groups in total. The number of carbonyl (C=O) groups is 2. The molecule has 2 amide bonds. The monoisotopic (exact) mass is 458 g/mol. The van der Waals surface area contributed by atoms with Crippen LogP contribution in [0.5, 0.6) is 5.75 Å². The van der Waals surface area contributed by atoms with Crippen molar-refractivity contribution in [3.8, 4) is 5.75 Å². The first-order valence-corrected chi connectivity index (χ1v) is 8.54. The summed E-state index contributed by atoms with van der Waals surface area (Å²) in [5.41, 5.74) is 2.03. The summed E-state index contributed by atoms with van der Waals surface area (Å²) >= 11 is 7.90. The fourth-order valence-corrected chi connectivity index (χ4v) is 3.16. The lowest BCUT2D eigenvalue weighted by atomic mass is 10.2. The van der Waals surface area contributed by atoms with Gasteiger partial charge in [-0.1, -0.05) is 17.7 Å². The van der Waals surface area contributed by atoms with E-state index in [-0.39, 0.29) is 18.4 Å². The Morgan fingerprint density at radius 3 is 2.62 bits per heavy atom. The minimum Gasteiger partial charge on any atom is -0.495 e. The van der Waals surface area contributed by atoms with E-state index in [9.17, 15) is 9.59 Å². The van der Waals surface area contributed by atoms with Crippen LogP contribution in [-0.4, -0.2) is 25.5 Å². The van der Waals surface area contributed by atoms with Crippen molar-refractivity contribution >= 4 is 51.7 Å². The molecule has 0 saturated carbocycles. The molecule has 24 heavy (non-hydrogen) atoms. The summed E-state index contributed by atoms with van der Waals surface area (Å²) in [6.07, 6.45) is 0. The number of hydrogen-bond acceptors (Lipinski definition) is 3.